The fourth-order valence-electron chi connectivity index (χ4n) is 2.03. The molecule has 1 amide bonds. The van der Waals surface area contributed by atoms with Crippen molar-refractivity contribution in [1.82, 2.24) is 5.32 Å². The minimum absolute atomic E-state index is 0.0602. The second kappa shape index (κ2) is 4.92. The van der Waals surface area contributed by atoms with Crippen molar-refractivity contribution >= 4 is 5.91 Å². The number of rotatable bonds is 2. The number of hydrogen-bond donors (Lipinski definition) is 2. The minimum atomic E-state index is -0.219. The van der Waals surface area contributed by atoms with Gasteiger partial charge in [-0.2, -0.15) is 0 Å². The van der Waals surface area contributed by atoms with Gasteiger partial charge < -0.3 is 20.5 Å². The van der Waals surface area contributed by atoms with E-state index in [2.05, 4.69) is 5.32 Å². The summed E-state index contributed by atoms with van der Waals surface area (Å²) in [5.41, 5.74) is 5.96. The Labute approximate surface area is 90.3 Å². The van der Waals surface area contributed by atoms with Crippen LogP contribution in [0.1, 0.15) is 20.8 Å². The Bertz CT molecular complexity index is 235. The van der Waals surface area contributed by atoms with Crippen LogP contribution in [0.4, 0.5) is 0 Å². The molecule has 1 saturated heterocycles. The van der Waals surface area contributed by atoms with E-state index in [0.29, 0.717) is 0 Å². The van der Waals surface area contributed by atoms with Gasteiger partial charge in [0.25, 0.3) is 0 Å². The molecule has 15 heavy (non-hydrogen) atoms. The van der Waals surface area contributed by atoms with Crippen LogP contribution in [-0.2, 0) is 14.3 Å². The SMILES string of the molecule is COC1C(NC(C)=O)[C@@H](C)OC(C)[C@@H]1N. The summed E-state index contributed by atoms with van der Waals surface area (Å²) in [4.78, 5) is 11.0. The van der Waals surface area contributed by atoms with E-state index in [9.17, 15) is 4.79 Å². The zero-order chi connectivity index (χ0) is 11.6. The van der Waals surface area contributed by atoms with Crippen LogP contribution in [-0.4, -0.2) is 43.4 Å². The van der Waals surface area contributed by atoms with Crippen LogP contribution in [0.2, 0.25) is 0 Å². The quantitative estimate of drug-likeness (QED) is 0.661. The zero-order valence-corrected chi connectivity index (χ0v) is 9.69. The number of carbonyl (C=O) groups is 1. The fraction of sp³-hybridized carbons (Fsp3) is 0.900. The van der Waals surface area contributed by atoms with Crippen molar-refractivity contribution in [3.8, 4) is 0 Å². The summed E-state index contributed by atoms with van der Waals surface area (Å²) in [6.07, 6.45) is -0.351. The third-order valence-electron chi connectivity index (χ3n) is 2.85. The summed E-state index contributed by atoms with van der Waals surface area (Å²) in [7, 11) is 1.60. The van der Waals surface area contributed by atoms with E-state index in [0.717, 1.165) is 0 Å². The molecule has 0 aromatic heterocycles. The molecular formula is C10H20N2O3. The highest BCUT2D eigenvalue weighted by molar-refractivity contribution is 5.73. The maximum absolute atomic E-state index is 11.0. The first-order chi connectivity index (χ1) is 6.97. The molecule has 3 unspecified atom stereocenters. The molecular weight excluding hydrogens is 196 g/mol. The molecule has 1 aliphatic rings. The molecule has 0 radical (unpaired) electrons. The van der Waals surface area contributed by atoms with Crippen LogP contribution < -0.4 is 11.1 Å². The predicted octanol–water partition coefficient (Wildman–Crippen LogP) is -0.359. The van der Waals surface area contributed by atoms with Crippen LogP contribution in [0.5, 0.6) is 0 Å². The molecule has 0 aromatic rings. The van der Waals surface area contributed by atoms with Gasteiger partial charge in [-0.25, -0.2) is 0 Å². The molecule has 1 heterocycles. The summed E-state index contributed by atoms with van der Waals surface area (Å²) in [6.45, 7) is 5.30. The highest BCUT2D eigenvalue weighted by Crippen LogP contribution is 2.21. The summed E-state index contributed by atoms with van der Waals surface area (Å²) in [5.74, 6) is -0.0979. The van der Waals surface area contributed by atoms with Gasteiger partial charge >= 0.3 is 0 Å². The second-order valence-corrected chi connectivity index (χ2v) is 4.05. The van der Waals surface area contributed by atoms with Gasteiger partial charge in [0.05, 0.1) is 30.4 Å². The number of hydrogen-bond acceptors (Lipinski definition) is 4. The normalized spacial score (nSPS) is 41.3. The van der Waals surface area contributed by atoms with E-state index in [1.54, 1.807) is 7.11 Å². The van der Waals surface area contributed by atoms with Gasteiger partial charge in [0.15, 0.2) is 0 Å². The van der Waals surface area contributed by atoms with Crippen molar-refractivity contribution in [3.05, 3.63) is 0 Å². The topological polar surface area (TPSA) is 73.6 Å². The average Bonchev–Trinajstić information content (AvgIpc) is 2.14. The molecule has 1 fully saturated rings. The van der Waals surface area contributed by atoms with Gasteiger partial charge in [0.1, 0.15) is 0 Å². The molecule has 5 heteroatoms. The molecule has 0 bridgehead atoms. The average molecular weight is 216 g/mol. The Morgan fingerprint density at radius 1 is 1.40 bits per heavy atom. The lowest BCUT2D eigenvalue weighted by Crippen LogP contribution is -2.65. The van der Waals surface area contributed by atoms with Gasteiger partial charge in [-0.05, 0) is 13.8 Å². The molecule has 0 aliphatic carbocycles. The van der Waals surface area contributed by atoms with Crippen molar-refractivity contribution < 1.29 is 14.3 Å². The Kier molecular flexibility index (Phi) is 4.07. The zero-order valence-electron chi connectivity index (χ0n) is 9.69. The van der Waals surface area contributed by atoms with E-state index in [1.165, 1.54) is 6.92 Å². The monoisotopic (exact) mass is 216 g/mol. The largest absolute Gasteiger partial charge is 0.377 e. The number of methoxy groups -OCH3 is 1. The number of carbonyl (C=O) groups excluding carboxylic acids is 1. The lowest BCUT2D eigenvalue weighted by atomic mass is 9.92. The van der Waals surface area contributed by atoms with Gasteiger partial charge in [-0.3, -0.25) is 4.79 Å². The van der Waals surface area contributed by atoms with Gasteiger partial charge in [-0.1, -0.05) is 0 Å². The van der Waals surface area contributed by atoms with Gasteiger partial charge in [0, 0.05) is 14.0 Å². The van der Waals surface area contributed by atoms with Gasteiger partial charge in [0.2, 0.25) is 5.91 Å². The Balaban J connectivity index is 2.76. The third-order valence-corrected chi connectivity index (χ3v) is 2.85. The Hall–Kier alpha value is -0.650. The molecule has 0 saturated carbocycles. The predicted molar refractivity (Wildman–Crippen MR) is 56.4 cm³/mol. The van der Waals surface area contributed by atoms with Crippen molar-refractivity contribution in [2.75, 3.05) is 7.11 Å². The van der Waals surface area contributed by atoms with E-state index < -0.39 is 0 Å². The highest BCUT2D eigenvalue weighted by atomic mass is 16.5. The third kappa shape index (κ3) is 2.68. The Morgan fingerprint density at radius 2 is 2.00 bits per heavy atom. The second-order valence-electron chi connectivity index (χ2n) is 4.05. The van der Waals surface area contributed by atoms with Crippen LogP contribution >= 0.6 is 0 Å². The standard InChI is InChI=1S/C10H20N2O3/c1-5-8(11)10(14-4)9(6(2)15-5)12-7(3)13/h5-6,8-10H,11H2,1-4H3,(H,12,13)/t5?,6-,8+,9?,10?/m1/s1. The van der Waals surface area contributed by atoms with E-state index in [1.807, 2.05) is 13.8 Å². The van der Waals surface area contributed by atoms with Crippen LogP contribution in [0, 0.1) is 0 Å². The molecule has 88 valence electrons. The Morgan fingerprint density at radius 3 is 2.47 bits per heavy atom. The lowest BCUT2D eigenvalue weighted by molar-refractivity contribution is -0.140. The van der Waals surface area contributed by atoms with Crippen LogP contribution in [0.25, 0.3) is 0 Å². The molecule has 0 spiro atoms. The van der Waals surface area contributed by atoms with Crippen LogP contribution in [0.3, 0.4) is 0 Å². The minimum Gasteiger partial charge on any atom is -0.377 e. The van der Waals surface area contributed by atoms with E-state index in [4.69, 9.17) is 15.2 Å². The van der Waals surface area contributed by atoms with Crippen molar-refractivity contribution in [2.45, 2.75) is 51.2 Å². The first-order valence-corrected chi connectivity index (χ1v) is 5.18. The molecule has 1 aliphatic heterocycles. The van der Waals surface area contributed by atoms with Crippen LogP contribution in [0.15, 0.2) is 0 Å². The number of ether oxygens (including phenoxy) is 2. The first kappa shape index (κ1) is 12.4. The van der Waals surface area contributed by atoms with E-state index in [-0.39, 0.29) is 36.3 Å². The number of nitrogens with two attached hydrogens (primary N) is 1. The van der Waals surface area contributed by atoms with Gasteiger partial charge in [-0.15, -0.1) is 0 Å². The summed E-state index contributed by atoms with van der Waals surface area (Å²) >= 11 is 0. The molecule has 0 aromatic carbocycles. The summed E-state index contributed by atoms with van der Waals surface area (Å²) in [5, 5.41) is 2.81. The maximum Gasteiger partial charge on any atom is 0.217 e. The van der Waals surface area contributed by atoms with Crippen molar-refractivity contribution in [3.63, 3.8) is 0 Å². The fourth-order valence-corrected chi connectivity index (χ4v) is 2.03. The highest BCUT2D eigenvalue weighted by Gasteiger charge is 2.41. The first-order valence-electron chi connectivity index (χ1n) is 5.18. The number of nitrogens with one attached hydrogen (secondary N) is 1. The molecule has 5 atom stereocenters. The van der Waals surface area contributed by atoms with E-state index >= 15 is 0 Å². The number of amides is 1. The van der Waals surface area contributed by atoms with Crippen molar-refractivity contribution in [2.24, 2.45) is 5.73 Å². The smallest absolute Gasteiger partial charge is 0.217 e. The summed E-state index contributed by atoms with van der Waals surface area (Å²) < 4.78 is 11.0. The molecule has 5 nitrogen and oxygen atoms in total. The summed E-state index contributed by atoms with van der Waals surface area (Å²) in [6, 6.07) is -0.401. The maximum atomic E-state index is 11.0. The van der Waals surface area contributed by atoms with Crippen molar-refractivity contribution in [1.29, 1.82) is 0 Å². The molecule has 1 rings (SSSR count). The molecule has 3 N–H and O–H groups in total. The lowest BCUT2D eigenvalue weighted by Gasteiger charge is -2.43.